The molecule has 2 rings (SSSR count). The van der Waals surface area contributed by atoms with Crippen molar-refractivity contribution in [1.82, 2.24) is 5.32 Å². The molecule has 0 spiro atoms. The second kappa shape index (κ2) is 6.78. The van der Waals surface area contributed by atoms with Gasteiger partial charge in [0.05, 0.1) is 5.60 Å². The molecule has 18 heavy (non-hydrogen) atoms. The number of rotatable bonds is 4. The van der Waals surface area contributed by atoms with Crippen molar-refractivity contribution in [2.24, 2.45) is 5.92 Å². The van der Waals surface area contributed by atoms with Gasteiger partial charge in [0, 0.05) is 39.0 Å². The minimum Gasteiger partial charge on any atom is -0.388 e. The lowest BCUT2D eigenvalue weighted by molar-refractivity contribution is -0.124. The van der Waals surface area contributed by atoms with Gasteiger partial charge in [-0.3, -0.25) is 4.79 Å². The van der Waals surface area contributed by atoms with Crippen LogP contribution in [0.3, 0.4) is 0 Å². The molecule has 5 heteroatoms. The molecule has 2 aliphatic heterocycles. The highest BCUT2D eigenvalue weighted by atomic mass is 32.2. The maximum Gasteiger partial charge on any atom is 0.220 e. The largest absolute Gasteiger partial charge is 0.388 e. The topological polar surface area (TPSA) is 58.6 Å². The summed E-state index contributed by atoms with van der Waals surface area (Å²) in [6.07, 6.45) is 4.15. The summed E-state index contributed by atoms with van der Waals surface area (Å²) in [5, 5.41) is 13.1. The van der Waals surface area contributed by atoms with Gasteiger partial charge in [0.1, 0.15) is 0 Å². The summed E-state index contributed by atoms with van der Waals surface area (Å²) in [6, 6.07) is 0. The van der Waals surface area contributed by atoms with Crippen LogP contribution in [0.15, 0.2) is 0 Å². The van der Waals surface area contributed by atoms with Crippen LogP contribution >= 0.6 is 11.8 Å². The van der Waals surface area contributed by atoms with E-state index in [1.807, 2.05) is 11.8 Å². The monoisotopic (exact) mass is 273 g/mol. The first-order valence-electron chi connectivity index (χ1n) is 6.82. The van der Waals surface area contributed by atoms with Gasteiger partial charge in [-0.15, -0.1) is 0 Å². The molecule has 1 amide bonds. The molecule has 0 atom stereocenters. The van der Waals surface area contributed by atoms with Crippen LogP contribution in [0.5, 0.6) is 0 Å². The normalized spacial score (nSPS) is 24.7. The highest BCUT2D eigenvalue weighted by Crippen LogP contribution is 2.25. The Morgan fingerprint density at radius 1 is 1.33 bits per heavy atom. The van der Waals surface area contributed by atoms with Crippen molar-refractivity contribution < 1.29 is 14.6 Å². The van der Waals surface area contributed by atoms with Crippen LogP contribution in [0.2, 0.25) is 0 Å². The smallest absolute Gasteiger partial charge is 0.220 e. The molecule has 2 heterocycles. The van der Waals surface area contributed by atoms with E-state index >= 15 is 0 Å². The van der Waals surface area contributed by atoms with Gasteiger partial charge in [-0.05, 0) is 30.3 Å². The summed E-state index contributed by atoms with van der Waals surface area (Å²) < 4.78 is 5.22. The van der Waals surface area contributed by atoms with Crippen LogP contribution in [0.4, 0.5) is 0 Å². The lowest BCUT2D eigenvalue weighted by Crippen LogP contribution is -2.46. The Morgan fingerprint density at radius 2 is 2.00 bits per heavy atom. The number of hydrogen-bond acceptors (Lipinski definition) is 4. The number of ether oxygens (including phenoxy) is 1. The van der Waals surface area contributed by atoms with Gasteiger partial charge >= 0.3 is 0 Å². The van der Waals surface area contributed by atoms with Crippen molar-refractivity contribution in [3.8, 4) is 0 Å². The Morgan fingerprint density at radius 3 is 2.67 bits per heavy atom. The zero-order valence-electron chi connectivity index (χ0n) is 10.8. The second-order valence-corrected chi connectivity index (χ2v) is 6.60. The zero-order chi connectivity index (χ0) is 12.8. The first-order valence-corrected chi connectivity index (χ1v) is 7.98. The van der Waals surface area contributed by atoms with Crippen molar-refractivity contribution in [3.05, 3.63) is 0 Å². The van der Waals surface area contributed by atoms with Crippen molar-refractivity contribution in [2.75, 3.05) is 31.3 Å². The average Bonchev–Trinajstić information content (AvgIpc) is 2.39. The maximum atomic E-state index is 11.8. The third kappa shape index (κ3) is 4.44. The van der Waals surface area contributed by atoms with E-state index in [1.165, 1.54) is 11.5 Å². The molecule has 2 N–H and O–H groups in total. The number of amides is 1. The van der Waals surface area contributed by atoms with E-state index in [9.17, 15) is 9.90 Å². The van der Waals surface area contributed by atoms with Gasteiger partial charge < -0.3 is 15.2 Å². The average molecular weight is 273 g/mol. The molecule has 0 bridgehead atoms. The lowest BCUT2D eigenvalue weighted by atomic mass is 9.94. The Balaban J connectivity index is 1.67. The maximum absolute atomic E-state index is 11.8. The summed E-state index contributed by atoms with van der Waals surface area (Å²) in [6.45, 7) is 1.55. The summed E-state index contributed by atoms with van der Waals surface area (Å²) in [4.78, 5) is 11.8. The second-order valence-electron chi connectivity index (χ2n) is 5.37. The van der Waals surface area contributed by atoms with E-state index in [0.29, 0.717) is 44.9 Å². The molecule has 2 aliphatic rings. The van der Waals surface area contributed by atoms with Crippen molar-refractivity contribution in [3.63, 3.8) is 0 Å². The molecule has 2 saturated heterocycles. The van der Waals surface area contributed by atoms with E-state index in [-0.39, 0.29) is 5.91 Å². The molecule has 0 aromatic rings. The molecular formula is C13H23NO3S. The fraction of sp³-hybridized carbons (Fsp3) is 0.923. The van der Waals surface area contributed by atoms with E-state index in [1.54, 1.807) is 0 Å². The predicted octanol–water partition coefficient (Wildman–Crippen LogP) is 1.18. The molecule has 0 aromatic carbocycles. The highest BCUT2D eigenvalue weighted by Gasteiger charge is 2.30. The minimum absolute atomic E-state index is 0.0896. The van der Waals surface area contributed by atoms with E-state index in [0.717, 1.165) is 12.8 Å². The number of nitrogens with one attached hydrogen (secondary N) is 1. The van der Waals surface area contributed by atoms with E-state index in [4.69, 9.17) is 4.74 Å². The van der Waals surface area contributed by atoms with Crippen LogP contribution in [-0.4, -0.2) is 47.9 Å². The van der Waals surface area contributed by atoms with Gasteiger partial charge in [0.25, 0.3) is 0 Å². The SMILES string of the molecule is O=C(CC1CCSCC1)NCC1(O)CCOCC1. The number of thioether (sulfide) groups is 1. The van der Waals surface area contributed by atoms with Crippen LogP contribution in [0.25, 0.3) is 0 Å². The Hall–Kier alpha value is -0.260. The van der Waals surface area contributed by atoms with Crippen LogP contribution < -0.4 is 5.32 Å². The molecular weight excluding hydrogens is 250 g/mol. The van der Waals surface area contributed by atoms with Gasteiger partial charge in [-0.25, -0.2) is 0 Å². The Kier molecular flexibility index (Phi) is 5.33. The summed E-state index contributed by atoms with van der Waals surface area (Å²) >= 11 is 1.98. The van der Waals surface area contributed by atoms with E-state index in [2.05, 4.69) is 5.32 Å². The highest BCUT2D eigenvalue weighted by molar-refractivity contribution is 7.99. The lowest BCUT2D eigenvalue weighted by Gasteiger charge is -2.32. The summed E-state index contributed by atoms with van der Waals surface area (Å²) in [5.41, 5.74) is -0.754. The number of carbonyl (C=O) groups is 1. The first kappa shape index (κ1) is 14.2. The van der Waals surface area contributed by atoms with Gasteiger partial charge in [0.2, 0.25) is 5.91 Å². The summed E-state index contributed by atoms with van der Waals surface area (Å²) in [5.74, 6) is 2.99. The number of aliphatic hydroxyl groups is 1. The van der Waals surface area contributed by atoms with E-state index < -0.39 is 5.60 Å². The molecule has 0 unspecified atom stereocenters. The van der Waals surface area contributed by atoms with Crippen LogP contribution in [-0.2, 0) is 9.53 Å². The standard InChI is InChI=1S/C13H23NO3S/c15-12(9-11-1-7-18-8-2-11)14-10-13(16)3-5-17-6-4-13/h11,16H,1-10H2,(H,14,15). The quantitative estimate of drug-likeness (QED) is 0.807. The molecule has 2 fully saturated rings. The molecule has 0 radical (unpaired) electrons. The van der Waals surface area contributed by atoms with Crippen LogP contribution in [0.1, 0.15) is 32.1 Å². The van der Waals surface area contributed by atoms with Crippen molar-refractivity contribution >= 4 is 17.7 Å². The summed E-state index contributed by atoms with van der Waals surface area (Å²) in [7, 11) is 0. The Labute approximate surface area is 113 Å². The first-order chi connectivity index (χ1) is 8.68. The number of carbonyl (C=O) groups excluding carboxylic acids is 1. The third-order valence-electron chi connectivity index (χ3n) is 3.85. The molecule has 0 aromatic heterocycles. The zero-order valence-corrected chi connectivity index (χ0v) is 11.6. The minimum atomic E-state index is -0.754. The van der Waals surface area contributed by atoms with Gasteiger partial charge in [0.15, 0.2) is 0 Å². The van der Waals surface area contributed by atoms with Gasteiger partial charge in [-0.2, -0.15) is 11.8 Å². The van der Waals surface area contributed by atoms with Gasteiger partial charge in [-0.1, -0.05) is 0 Å². The van der Waals surface area contributed by atoms with Crippen molar-refractivity contribution in [1.29, 1.82) is 0 Å². The van der Waals surface area contributed by atoms with Crippen molar-refractivity contribution in [2.45, 2.75) is 37.7 Å². The molecule has 0 aliphatic carbocycles. The molecule has 0 saturated carbocycles. The number of hydrogen-bond donors (Lipinski definition) is 2. The molecule has 4 nitrogen and oxygen atoms in total. The third-order valence-corrected chi connectivity index (χ3v) is 4.90. The predicted molar refractivity (Wildman–Crippen MR) is 72.7 cm³/mol. The fourth-order valence-electron chi connectivity index (χ4n) is 2.48. The molecule has 104 valence electrons. The Bertz CT molecular complexity index is 273. The van der Waals surface area contributed by atoms with Crippen LogP contribution in [0, 0.1) is 5.92 Å². The fourth-order valence-corrected chi connectivity index (χ4v) is 3.68.